The number of halogens is 1. The van der Waals surface area contributed by atoms with Crippen molar-refractivity contribution in [3.63, 3.8) is 0 Å². The summed E-state index contributed by atoms with van der Waals surface area (Å²) in [7, 11) is 1.50. The second kappa shape index (κ2) is 9.83. The highest BCUT2D eigenvalue weighted by atomic mass is 35.5. The van der Waals surface area contributed by atoms with Gasteiger partial charge in [0.1, 0.15) is 29.8 Å². The zero-order chi connectivity index (χ0) is 25.2. The molecule has 0 spiro atoms. The van der Waals surface area contributed by atoms with Gasteiger partial charge in [-0.15, -0.1) is 10.2 Å². The number of carbonyl (C=O) groups excluding carboxylic acids is 1. The molecule has 1 amide bonds. The molecule has 1 atom stereocenters. The minimum absolute atomic E-state index is 0.191. The molecule has 0 bridgehead atoms. The van der Waals surface area contributed by atoms with Gasteiger partial charge in [0, 0.05) is 12.6 Å². The van der Waals surface area contributed by atoms with E-state index in [1.54, 1.807) is 29.4 Å². The maximum Gasteiger partial charge on any atom is 0.256 e. The van der Waals surface area contributed by atoms with Crippen molar-refractivity contribution >= 4 is 28.5 Å². The Bertz CT molecular complexity index is 1490. The number of ether oxygens (including phenoxy) is 1. The van der Waals surface area contributed by atoms with Crippen LogP contribution >= 0.6 is 11.6 Å². The highest BCUT2D eigenvalue weighted by molar-refractivity contribution is 6.34. The van der Waals surface area contributed by atoms with Crippen LogP contribution in [0.4, 0.5) is 0 Å². The molecular weight excluding hydrogens is 476 g/mol. The van der Waals surface area contributed by atoms with Crippen molar-refractivity contribution < 1.29 is 9.53 Å². The number of hydrogen-bond donors (Lipinski definition) is 2. The van der Waals surface area contributed by atoms with Gasteiger partial charge in [0.25, 0.3) is 5.91 Å². The number of nitrogens with zero attached hydrogens (tertiary/aromatic N) is 4. The molecule has 5 aromatic rings. The average molecular weight is 501 g/mol. The molecule has 1 unspecified atom stereocenters. The molecule has 0 radical (unpaired) electrons. The van der Waals surface area contributed by atoms with Crippen LogP contribution in [0.3, 0.4) is 0 Å². The number of H-pyrrole nitrogens is 1. The van der Waals surface area contributed by atoms with Crippen molar-refractivity contribution in [3.8, 4) is 11.4 Å². The van der Waals surface area contributed by atoms with E-state index in [9.17, 15) is 4.79 Å². The van der Waals surface area contributed by atoms with E-state index in [0.717, 1.165) is 22.4 Å². The predicted molar refractivity (Wildman–Crippen MR) is 139 cm³/mol. The summed E-state index contributed by atoms with van der Waals surface area (Å²) in [5.74, 6) is 0.609. The van der Waals surface area contributed by atoms with Crippen molar-refractivity contribution in [3.05, 3.63) is 100 Å². The van der Waals surface area contributed by atoms with E-state index in [-0.39, 0.29) is 22.4 Å². The number of methoxy groups -OCH3 is 1. The van der Waals surface area contributed by atoms with Crippen LogP contribution in [-0.4, -0.2) is 44.3 Å². The van der Waals surface area contributed by atoms with Gasteiger partial charge in [-0.05, 0) is 48.7 Å². The molecule has 9 heteroatoms. The first kappa shape index (κ1) is 23.6. The summed E-state index contributed by atoms with van der Waals surface area (Å²) >= 11 is 6.54. The molecule has 0 aliphatic carbocycles. The number of imidazole rings is 1. The molecule has 2 heterocycles. The van der Waals surface area contributed by atoms with Crippen molar-refractivity contribution in [1.82, 2.24) is 30.0 Å². The molecule has 0 saturated carbocycles. The lowest BCUT2D eigenvalue weighted by Gasteiger charge is -2.18. The zero-order valence-electron chi connectivity index (χ0n) is 20.1. The van der Waals surface area contributed by atoms with Gasteiger partial charge in [0.2, 0.25) is 0 Å². The van der Waals surface area contributed by atoms with Crippen molar-refractivity contribution in [2.24, 2.45) is 0 Å². The van der Waals surface area contributed by atoms with E-state index in [2.05, 4.69) is 46.5 Å². The summed E-state index contributed by atoms with van der Waals surface area (Å²) in [4.78, 5) is 21.7. The SMILES string of the molecule is COc1cc(-n2cnnc2)cc(Cl)c1C(=O)NCC(c1ccccc1)c1nc2cc(C)c(C)cc2[nH]1. The fourth-order valence-electron chi connectivity index (χ4n) is 4.23. The zero-order valence-corrected chi connectivity index (χ0v) is 20.9. The van der Waals surface area contributed by atoms with E-state index in [0.29, 0.717) is 18.0 Å². The third-order valence-corrected chi connectivity index (χ3v) is 6.62. The molecule has 8 nitrogen and oxygen atoms in total. The van der Waals surface area contributed by atoms with Gasteiger partial charge in [-0.1, -0.05) is 41.9 Å². The number of rotatable bonds is 7. The third-order valence-electron chi connectivity index (χ3n) is 6.32. The normalized spacial score (nSPS) is 12.0. The van der Waals surface area contributed by atoms with Crippen LogP contribution in [0.2, 0.25) is 5.02 Å². The van der Waals surface area contributed by atoms with Crippen molar-refractivity contribution in [1.29, 1.82) is 0 Å². The number of nitrogens with one attached hydrogen (secondary N) is 2. The highest BCUT2D eigenvalue weighted by Gasteiger charge is 2.23. The summed E-state index contributed by atoms with van der Waals surface area (Å²) < 4.78 is 7.19. The number of carbonyl (C=O) groups is 1. The second-order valence-electron chi connectivity index (χ2n) is 8.62. The maximum absolute atomic E-state index is 13.3. The van der Waals surface area contributed by atoms with Crippen LogP contribution in [0.1, 0.15) is 38.8 Å². The van der Waals surface area contributed by atoms with Gasteiger partial charge in [-0.25, -0.2) is 4.98 Å². The monoisotopic (exact) mass is 500 g/mol. The number of aryl methyl sites for hydroxylation is 2. The van der Waals surface area contributed by atoms with Gasteiger partial charge < -0.3 is 15.0 Å². The van der Waals surface area contributed by atoms with Gasteiger partial charge in [-0.2, -0.15) is 0 Å². The van der Waals surface area contributed by atoms with Gasteiger partial charge in [0.15, 0.2) is 0 Å². The van der Waals surface area contributed by atoms with Gasteiger partial charge in [0.05, 0.1) is 34.8 Å². The van der Waals surface area contributed by atoms with Crippen LogP contribution in [0.5, 0.6) is 5.75 Å². The van der Waals surface area contributed by atoms with E-state index in [1.807, 2.05) is 30.3 Å². The Kier molecular flexibility index (Phi) is 6.43. The Hall–Kier alpha value is -4.17. The quantitative estimate of drug-likeness (QED) is 0.328. The second-order valence-corrected chi connectivity index (χ2v) is 9.03. The fraction of sp³-hybridized carbons (Fsp3) is 0.185. The summed E-state index contributed by atoms with van der Waals surface area (Å²) in [6.07, 6.45) is 3.09. The summed E-state index contributed by atoms with van der Waals surface area (Å²) in [6.45, 7) is 4.47. The summed E-state index contributed by atoms with van der Waals surface area (Å²) in [5, 5.41) is 10.9. The molecular formula is C27H25ClN6O2. The number of hydrogen-bond acceptors (Lipinski definition) is 5. The average Bonchev–Trinajstić information content (AvgIpc) is 3.55. The van der Waals surface area contributed by atoms with Crippen LogP contribution in [-0.2, 0) is 0 Å². The standard InChI is InChI=1S/C27H25ClN6O2/c1-16-9-22-23(10-17(16)2)33-26(32-22)20(18-7-5-4-6-8-18)13-29-27(35)25-21(28)11-19(12-24(25)36-3)34-14-30-31-15-34/h4-12,14-15,20H,13H2,1-3H3,(H,29,35)(H,32,33). The molecule has 182 valence electrons. The Morgan fingerprint density at radius 1 is 1.08 bits per heavy atom. The number of aromatic nitrogens is 5. The molecule has 0 aliphatic heterocycles. The van der Waals surface area contributed by atoms with Crippen LogP contribution in [0.25, 0.3) is 16.7 Å². The smallest absolute Gasteiger partial charge is 0.256 e. The molecule has 0 saturated heterocycles. The Balaban J connectivity index is 1.45. The Morgan fingerprint density at radius 2 is 1.81 bits per heavy atom. The Morgan fingerprint density at radius 3 is 2.53 bits per heavy atom. The first-order chi connectivity index (χ1) is 17.4. The highest BCUT2D eigenvalue weighted by Crippen LogP contribution is 2.31. The number of fused-ring (bicyclic) bond motifs is 1. The van der Waals surface area contributed by atoms with Gasteiger partial charge >= 0.3 is 0 Å². The predicted octanol–water partition coefficient (Wildman–Crippen LogP) is 4.98. The van der Waals surface area contributed by atoms with Crippen molar-refractivity contribution in [2.45, 2.75) is 19.8 Å². The molecule has 3 aromatic carbocycles. The van der Waals surface area contributed by atoms with E-state index >= 15 is 0 Å². The maximum atomic E-state index is 13.3. The molecule has 5 rings (SSSR count). The lowest BCUT2D eigenvalue weighted by molar-refractivity contribution is 0.0949. The number of benzene rings is 3. The molecule has 0 aliphatic rings. The molecule has 2 N–H and O–H groups in total. The molecule has 2 aromatic heterocycles. The number of aromatic amines is 1. The largest absolute Gasteiger partial charge is 0.496 e. The first-order valence-electron chi connectivity index (χ1n) is 11.5. The fourth-order valence-corrected chi connectivity index (χ4v) is 4.52. The van der Waals surface area contributed by atoms with Gasteiger partial charge in [-0.3, -0.25) is 9.36 Å². The summed E-state index contributed by atoms with van der Waals surface area (Å²) in [5.41, 5.74) is 6.23. The minimum atomic E-state index is -0.337. The minimum Gasteiger partial charge on any atom is -0.496 e. The van der Waals surface area contributed by atoms with Crippen LogP contribution in [0.15, 0.2) is 67.3 Å². The van der Waals surface area contributed by atoms with Crippen LogP contribution in [0, 0.1) is 13.8 Å². The molecule has 0 fully saturated rings. The third kappa shape index (κ3) is 4.55. The first-order valence-corrected chi connectivity index (χ1v) is 11.8. The summed E-state index contributed by atoms with van der Waals surface area (Å²) in [6, 6.07) is 17.6. The van der Waals surface area contributed by atoms with E-state index in [1.165, 1.54) is 18.2 Å². The van der Waals surface area contributed by atoms with E-state index in [4.69, 9.17) is 21.3 Å². The number of amides is 1. The lowest BCUT2D eigenvalue weighted by atomic mass is 9.98. The topological polar surface area (TPSA) is 97.7 Å². The van der Waals surface area contributed by atoms with E-state index < -0.39 is 0 Å². The molecule has 36 heavy (non-hydrogen) atoms. The lowest BCUT2D eigenvalue weighted by Crippen LogP contribution is -2.30. The van der Waals surface area contributed by atoms with Crippen molar-refractivity contribution in [2.75, 3.05) is 13.7 Å². The Labute approximate surface area is 213 Å². The van der Waals surface area contributed by atoms with Crippen LogP contribution < -0.4 is 10.1 Å².